The normalized spacial score (nSPS) is 17.5. The van der Waals surface area contributed by atoms with E-state index in [1.165, 1.54) is 28.6 Å². The predicted octanol–water partition coefficient (Wildman–Crippen LogP) is 0.723. The van der Waals surface area contributed by atoms with Gasteiger partial charge in [-0.3, -0.25) is 4.79 Å². The van der Waals surface area contributed by atoms with Crippen LogP contribution >= 0.6 is 0 Å². The summed E-state index contributed by atoms with van der Waals surface area (Å²) in [4.78, 5) is 13.4. The van der Waals surface area contributed by atoms with Crippen molar-refractivity contribution in [1.82, 2.24) is 9.21 Å². The summed E-state index contributed by atoms with van der Waals surface area (Å²) in [7, 11) is -7.28. The van der Waals surface area contributed by atoms with E-state index in [1.54, 1.807) is 11.8 Å². The van der Waals surface area contributed by atoms with E-state index in [4.69, 9.17) is 0 Å². The highest BCUT2D eigenvalue weighted by Gasteiger charge is 2.28. The highest BCUT2D eigenvalue weighted by Crippen LogP contribution is 2.21. The van der Waals surface area contributed by atoms with Gasteiger partial charge in [0.15, 0.2) is 9.84 Å². The van der Waals surface area contributed by atoms with Gasteiger partial charge >= 0.3 is 0 Å². The van der Waals surface area contributed by atoms with Gasteiger partial charge in [-0.2, -0.15) is 4.31 Å². The molecule has 1 amide bonds. The van der Waals surface area contributed by atoms with Gasteiger partial charge in [0.2, 0.25) is 15.9 Å². The molecular formula is C15H22N2O5S2. The maximum absolute atomic E-state index is 12.8. The van der Waals surface area contributed by atoms with Gasteiger partial charge in [0.25, 0.3) is 0 Å². The highest BCUT2D eigenvalue weighted by atomic mass is 32.2. The standard InChI is InChI=1S/C15H22N2O5S2/c1-3-15(18)16-8-5-9-17(11-10-16)24(21,22)14-7-4-6-13(12-14)23(2,19)20/h4,6-7,12H,3,5,8-11H2,1-2H3. The van der Waals surface area contributed by atoms with Crippen molar-refractivity contribution in [3.05, 3.63) is 24.3 Å². The summed E-state index contributed by atoms with van der Waals surface area (Å²) in [5.74, 6) is 0.00771. The van der Waals surface area contributed by atoms with Crippen LogP contribution in [0.15, 0.2) is 34.1 Å². The number of sulfonamides is 1. The quantitative estimate of drug-likeness (QED) is 0.774. The summed E-state index contributed by atoms with van der Waals surface area (Å²) in [5, 5.41) is 0. The molecule has 1 saturated heterocycles. The molecule has 0 radical (unpaired) electrons. The molecule has 1 aliphatic rings. The number of nitrogens with zero attached hydrogens (tertiary/aromatic N) is 2. The molecule has 0 aromatic heterocycles. The average Bonchev–Trinajstić information content (AvgIpc) is 2.80. The maximum atomic E-state index is 12.8. The Kier molecular flexibility index (Phi) is 5.67. The number of carbonyl (C=O) groups excluding carboxylic acids is 1. The van der Waals surface area contributed by atoms with E-state index in [1.807, 2.05) is 0 Å². The second-order valence-corrected chi connectivity index (χ2v) is 9.69. The highest BCUT2D eigenvalue weighted by molar-refractivity contribution is 7.91. The lowest BCUT2D eigenvalue weighted by Gasteiger charge is -2.21. The number of carbonyl (C=O) groups is 1. The van der Waals surface area contributed by atoms with E-state index in [9.17, 15) is 21.6 Å². The van der Waals surface area contributed by atoms with Crippen molar-refractivity contribution < 1.29 is 21.6 Å². The molecule has 0 aliphatic carbocycles. The Morgan fingerprint density at radius 1 is 1.04 bits per heavy atom. The fraction of sp³-hybridized carbons (Fsp3) is 0.533. The van der Waals surface area contributed by atoms with Crippen LogP contribution in [-0.4, -0.2) is 64.4 Å². The summed E-state index contributed by atoms with van der Waals surface area (Å²) < 4.78 is 50.2. The van der Waals surface area contributed by atoms with Crippen molar-refractivity contribution in [2.24, 2.45) is 0 Å². The predicted molar refractivity (Wildman–Crippen MR) is 89.8 cm³/mol. The van der Waals surface area contributed by atoms with Crippen molar-refractivity contribution in [3.8, 4) is 0 Å². The van der Waals surface area contributed by atoms with E-state index in [2.05, 4.69) is 0 Å². The summed E-state index contributed by atoms with van der Waals surface area (Å²) in [5.41, 5.74) is 0. The fourth-order valence-corrected chi connectivity index (χ4v) is 4.88. The zero-order valence-electron chi connectivity index (χ0n) is 13.8. The van der Waals surface area contributed by atoms with Crippen LogP contribution in [0.5, 0.6) is 0 Å². The second-order valence-electron chi connectivity index (χ2n) is 5.74. The third-order valence-electron chi connectivity index (χ3n) is 3.98. The van der Waals surface area contributed by atoms with Crippen LogP contribution in [0.1, 0.15) is 19.8 Å². The Hall–Kier alpha value is -1.45. The molecular weight excluding hydrogens is 352 g/mol. The van der Waals surface area contributed by atoms with Gasteiger partial charge in [0.1, 0.15) is 0 Å². The lowest BCUT2D eigenvalue weighted by Crippen LogP contribution is -2.37. The van der Waals surface area contributed by atoms with Crippen LogP contribution in [0.3, 0.4) is 0 Å². The number of rotatable bonds is 4. The van der Waals surface area contributed by atoms with Crippen molar-refractivity contribution in [3.63, 3.8) is 0 Å². The van der Waals surface area contributed by atoms with Crippen molar-refractivity contribution in [2.45, 2.75) is 29.6 Å². The second kappa shape index (κ2) is 7.20. The Balaban J connectivity index is 2.26. The molecule has 2 rings (SSSR count). The van der Waals surface area contributed by atoms with E-state index >= 15 is 0 Å². The van der Waals surface area contributed by atoms with Gasteiger partial charge < -0.3 is 4.90 Å². The minimum atomic E-state index is -3.79. The van der Waals surface area contributed by atoms with Crippen LogP contribution in [0.2, 0.25) is 0 Å². The van der Waals surface area contributed by atoms with Crippen LogP contribution in [-0.2, 0) is 24.7 Å². The van der Waals surface area contributed by atoms with E-state index in [-0.39, 0.29) is 22.2 Å². The van der Waals surface area contributed by atoms with Crippen molar-refractivity contribution in [1.29, 1.82) is 0 Å². The Bertz CT molecular complexity index is 818. The molecule has 134 valence electrons. The number of hydrogen-bond acceptors (Lipinski definition) is 5. The topological polar surface area (TPSA) is 91.8 Å². The van der Waals surface area contributed by atoms with Crippen LogP contribution in [0.25, 0.3) is 0 Å². The number of sulfone groups is 1. The van der Waals surface area contributed by atoms with Crippen molar-refractivity contribution >= 4 is 25.8 Å². The van der Waals surface area contributed by atoms with E-state index < -0.39 is 19.9 Å². The third-order valence-corrected chi connectivity index (χ3v) is 6.99. The number of benzene rings is 1. The number of hydrogen-bond donors (Lipinski definition) is 0. The molecule has 1 aromatic carbocycles. The first-order chi connectivity index (χ1) is 11.2. The molecule has 0 atom stereocenters. The van der Waals surface area contributed by atoms with Crippen LogP contribution < -0.4 is 0 Å². The molecule has 1 heterocycles. The fourth-order valence-electron chi connectivity index (χ4n) is 2.62. The summed E-state index contributed by atoms with van der Waals surface area (Å²) >= 11 is 0. The summed E-state index contributed by atoms with van der Waals surface area (Å²) in [6.45, 7) is 3.16. The van der Waals surface area contributed by atoms with E-state index in [0.29, 0.717) is 32.5 Å². The Morgan fingerprint density at radius 2 is 1.71 bits per heavy atom. The Labute approximate surface area is 143 Å². The summed E-state index contributed by atoms with van der Waals surface area (Å²) in [6.07, 6.45) is 1.98. The summed E-state index contributed by atoms with van der Waals surface area (Å²) in [6, 6.07) is 5.38. The molecule has 1 fully saturated rings. The minimum Gasteiger partial charge on any atom is -0.341 e. The number of amides is 1. The molecule has 9 heteroatoms. The molecule has 0 N–H and O–H groups in total. The van der Waals surface area contributed by atoms with E-state index in [0.717, 1.165) is 6.26 Å². The third kappa shape index (κ3) is 4.14. The Morgan fingerprint density at radius 3 is 2.33 bits per heavy atom. The monoisotopic (exact) mass is 374 g/mol. The molecule has 1 aromatic rings. The SMILES string of the molecule is CCC(=O)N1CCCN(S(=O)(=O)c2cccc(S(C)(=O)=O)c2)CC1. The first-order valence-electron chi connectivity index (χ1n) is 7.74. The molecule has 0 unspecified atom stereocenters. The molecule has 1 aliphatic heterocycles. The van der Waals surface area contributed by atoms with Gasteiger partial charge in [-0.05, 0) is 24.6 Å². The molecule has 0 spiro atoms. The smallest absolute Gasteiger partial charge is 0.243 e. The first kappa shape index (κ1) is 18.9. The maximum Gasteiger partial charge on any atom is 0.243 e. The molecule has 24 heavy (non-hydrogen) atoms. The lowest BCUT2D eigenvalue weighted by molar-refractivity contribution is -0.130. The van der Waals surface area contributed by atoms with Gasteiger partial charge in [0.05, 0.1) is 9.79 Å². The van der Waals surface area contributed by atoms with Crippen LogP contribution in [0.4, 0.5) is 0 Å². The van der Waals surface area contributed by atoms with Gasteiger partial charge in [-0.25, -0.2) is 16.8 Å². The van der Waals surface area contributed by atoms with Gasteiger partial charge in [-0.1, -0.05) is 13.0 Å². The first-order valence-corrected chi connectivity index (χ1v) is 11.1. The van der Waals surface area contributed by atoms with Crippen LogP contribution in [0, 0.1) is 0 Å². The zero-order chi connectivity index (χ0) is 18.0. The minimum absolute atomic E-state index is 0.00771. The van der Waals surface area contributed by atoms with Gasteiger partial charge in [-0.15, -0.1) is 0 Å². The zero-order valence-corrected chi connectivity index (χ0v) is 15.4. The molecule has 0 saturated carbocycles. The molecule has 7 nitrogen and oxygen atoms in total. The lowest BCUT2D eigenvalue weighted by atomic mass is 10.3. The average molecular weight is 374 g/mol. The van der Waals surface area contributed by atoms with Gasteiger partial charge in [0, 0.05) is 38.9 Å². The largest absolute Gasteiger partial charge is 0.341 e. The van der Waals surface area contributed by atoms with Crippen molar-refractivity contribution in [2.75, 3.05) is 32.4 Å². The molecule has 0 bridgehead atoms.